The van der Waals surface area contributed by atoms with Gasteiger partial charge in [-0.3, -0.25) is 9.69 Å². The van der Waals surface area contributed by atoms with E-state index < -0.39 is 17.6 Å². The molecule has 4 rings (SSSR count). The Morgan fingerprint density at radius 2 is 1.96 bits per heavy atom. The summed E-state index contributed by atoms with van der Waals surface area (Å²) in [5.74, 6) is 1.25. The Hall–Kier alpha value is -3.62. The third-order valence-electron chi connectivity index (χ3n) is 4.26. The van der Waals surface area contributed by atoms with Gasteiger partial charge in [-0.05, 0) is 31.2 Å². The van der Waals surface area contributed by atoms with E-state index in [0.29, 0.717) is 17.3 Å². The fraction of sp³-hybridized carbons (Fsp3) is 0.222. The van der Waals surface area contributed by atoms with Crippen LogP contribution in [0, 0.1) is 6.92 Å². The number of benzene rings is 1. The predicted octanol–water partition coefficient (Wildman–Crippen LogP) is 1.25. The van der Waals surface area contributed by atoms with E-state index >= 15 is 0 Å². The molecular formula is C18H17N5O4. The van der Waals surface area contributed by atoms with Crippen molar-refractivity contribution in [3.63, 3.8) is 0 Å². The molecular weight excluding hydrogens is 350 g/mol. The number of para-hydroxylation sites is 1. The lowest BCUT2D eigenvalue weighted by atomic mass is 10.3. The van der Waals surface area contributed by atoms with E-state index in [0.717, 1.165) is 15.1 Å². The van der Waals surface area contributed by atoms with Gasteiger partial charge < -0.3 is 9.73 Å². The van der Waals surface area contributed by atoms with Crippen molar-refractivity contribution in [3.8, 4) is 0 Å². The van der Waals surface area contributed by atoms with E-state index in [-0.39, 0.29) is 19.6 Å². The van der Waals surface area contributed by atoms with Gasteiger partial charge >= 0.3 is 11.7 Å². The van der Waals surface area contributed by atoms with Crippen LogP contribution in [-0.2, 0) is 24.4 Å². The number of anilines is 1. The van der Waals surface area contributed by atoms with Gasteiger partial charge in [-0.15, -0.1) is 0 Å². The Morgan fingerprint density at radius 3 is 2.67 bits per heavy atom. The highest BCUT2D eigenvalue weighted by atomic mass is 16.3. The number of furan rings is 1. The third-order valence-corrected chi connectivity index (χ3v) is 4.26. The molecule has 1 aliphatic heterocycles. The highest BCUT2D eigenvalue weighted by molar-refractivity contribution is 5.95. The molecule has 9 heteroatoms. The van der Waals surface area contributed by atoms with E-state index in [2.05, 4.69) is 10.3 Å². The van der Waals surface area contributed by atoms with Crippen LogP contribution in [0.5, 0.6) is 0 Å². The Kier molecular flexibility index (Phi) is 4.11. The smallest absolute Gasteiger partial charge is 0.365 e. The van der Waals surface area contributed by atoms with E-state index in [1.807, 2.05) is 25.1 Å². The molecule has 0 saturated carbocycles. The van der Waals surface area contributed by atoms with Crippen LogP contribution in [0.1, 0.15) is 17.3 Å². The monoisotopic (exact) mass is 367 g/mol. The Bertz CT molecular complexity index is 1060. The topological polar surface area (TPSA) is 102 Å². The summed E-state index contributed by atoms with van der Waals surface area (Å²) in [7, 11) is 0. The zero-order chi connectivity index (χ0) is 19.0. The predicted molar refractivity (Wildman–Crippen MR) is 95.2 cm³/mol. The van der Waals surface area contributed by atoms with Crippen LogP contribution >= 0.6 is 0 Å². The number of nitrogens with zero attached hydrogens (tertiary/aromatic N) is 4. The third kappa shape index (κ3) is 3.14. The van der Waals surface area contributed by atoms with Crippen LogP contribution in [0.3, 0.4) is 0 Å². The molecule has 3 heterocycles. The maximum Gasteiger partial charge on any atom is 0.365 e. The fourth-order valence-corrected chi connectivity index (χ4v) is 2.99. The Morgan fingerprint density at radius 1 is 1.19 bits per heavy atom. The highest BCUT2D eigenvalue weighted by Crippen LogP contribution is 2.22. The second-order valence-corrected chi connectivity index (χ2v) is 6.17. The average molecular weight is 367 g/mol. The number of fused-ring (bicyclic) bond motifs is 1. The minimum absolute atomic E-state index is 0.179. The van der Waals surface area contributed by atoms with Gasteiger partial charge in [0.05, 0.1) is 13.1 Å². The van der Waals surface area contributed by atoms with E-state index in [9.17, 15) is 14.4 Å². The van der Waals surface area contributed by atoms with E-state index in [1.54, 1.807) is 24.3 Å². The molecule has 9 nitrogen and oxygen atoms in total. The first-order valence-corrected chi connectivity index (χ1v) is 8.40. The van der Waals surface area contributed by atoms with Crippen LogP contribution in [0.4, 0.5) is 10.5 Å². The standard InChI is InChI=1S/C18H17N5O4/c1-12-7-8-14(27-12)9-19-16(24)11-22-17(25)20-15-10-21(18(26)23(15)22)13-5-3-2-4-6-13/h2-8H,9-11H2,1H3,(H,19,24). The zero-order valence-corrected chi connectivity index (χ0v) is 14.6. The first-order valence-electron chi connectivity index (χ1n) is 8.40. The van der Waals surface area contributed by atoms with Gasteiger partial charge in [0.1, 0.15) is 18.1 Å². The highest BCUT2D eigenvalue weighted by Gasteiger charge is 2.33. The lowest BCUT2D eigenvalue weighted by molar-refractivity contribution is -0.122. The SMILES string of the molecule is Cc1ccc(CNC(=O)Cn2c(=O)nc3n2C(=O)N(c2ccccc2)C3)o1. The molecule has 1 aliphatic rings. The van der Waals surface area contributed by atoms with Crippen molar-refractivity contribution in [1.29, 1.82) is 0 Å². The molecule has 0 radical (unpaired) electrons. The van der Waals surface area contributed by atoms with Gasteiger partial charge in [0.2, 0.25) is 5.91 Å². The summed E-state index contributed by atoms with van der Waals surface area (Å²) in [4.78, 5) is 42.5. The van der Waals surface area contributed by atoms with Crippen molar-refractivity contribution in [2.75, 3.05) is 4.90 Å². The summed E-state index contributed by atoms with van der Waals surface area (Å²) in [6.07, 6.45) is 0. The summed E-state index contributed by atoms with van der Waals surface area (Å²) in [6, 6.07) is 12.2. The number of amides is 2. The number of nitrogens with one attached hydrogen (secondary N) is 1. The molecule has 0 aliphatic carbocycles. The summed E-state index contributed by atoms with van der Waals surface area (Å²) in [5.41, 5.74) is 0.0692. The number of hydrogen-bond acceptors (Lipinski definition) is 5. The van der Waals surface area contributed by atoms with Crippen LogP contribution < -0.4 is 15.9 Å². The number of aromatic nitrogens is 3. The number of rotatable bonds is 5. The molecule has 0 unspecified atom stereocenters. The second kappa shape index (κ2) is 6.60. The zero-order valence-electron chi connectivity index (χ0n) is 14.6. The quantitative estimate of drug-likeness (QED) is 0.731. The van der Waals surface area contributed by atoms with Gasteiger partial charge in [-0.25, -0.2) is 14.3 Å². The number of carbonyl (C=O) groups is 2. The Labute approximate surface area is 153 Å². The lowest BCUT2D eigenvalue weighted by Gasteiger charge is -2.15. The van der Waals surface area contributed by atoms with Gasteiger partial charge in [-0.2, -0.15) is 9.67 Å². The van der Waals surface area contributed by atoms with E-state index in [4.69, 9.17) is 4.42 Å². The van der Waals surface area contributed by atoms with Crippen molar-refractivity contribution in [2.24, 2.45) is 0 Å². The molecule has 27 heavy (non-hydrogen) atoms. The molecule has 2 aromatic heterocycles. The molecule has 3 aromatic rings. The summed E-state index contributed by atoms with van der Waals surface area (Å²) < 4.78 is 7.59. The summed E-state index contributed by atoms with van der Waals surface area (Å²) in [5, 5.41) is 2.67. The normalized spacial score (nSPS) is 13.1. The van der Waals surface area contributed by atoms with Gasteiger partial charge in [0, 0.05) is 5.69 Å². The minimum atomic E-state index is -0.630. The molecule has 0 bridgehead atoms. The number of aryl methyl sites for hydroxylation is 1. The van der Waals surface area contributed by atoms with Gasteiger partial charge in [0.25, 0.3) is 0 Å². The van der Waals surface area contributed by atoms with Crippen molar-refractivity contribution in [3.05, 3.63) is 70.3 Å². The molecule has 1 N–H and O–H groups in total. The van der Waals surface area contributed by atoms with E-state index in [1.165, 1.54) is 4.90 Å². The van der Waals surface area contributed by atoms with Crippen LogP contribution in [0.2, 0.25) is 0 Å². The van der Waals surface area contributed by atoms with Crippen LogP contribution in [0.15, 0.2) is 51.7 Å². The van der Waals surface area contributed by atoms with Crippen molar-refractivity contribution in [2.45, 2.75) is 26.6 Å². The second-order valence-electron chi connectivity index (χ2n) is 6.17. The summed E-state index contributed by atoms with van der Waals surface area (Å²) >= 11 is 0. The number of hydrogen-bond donors (Lipinski definition) is 1. The summed E-state index contributed by atoms with van der Waals surface area (Å²) in [6.45, 7) is 1.88. The minimum Gasteiger partial charge on any atom is -0.465 e. The molecule has 2 amide bonds. The van der Waals surface area contributed by atoms with Crippen LogP contribution in [-0.4, -0.2) is 26.3 Å². The molecule has 0 spiro atoms. The van der Waals surface area contributed by atoms with Crippen LogP contribution in [0.25, 0.3) is 0 Å². The maximum absolute atomic E-state index is 12.7. The first kappa shape index (κ1) is 16.8. The number of carbonyl (C=O) groups excluding carboxylic acids is 2. The van der Waals surface area contributed by atoms with Crippen molar-refractivity contribution in [1.82, 2.24) is 19.7 Å². The Balaban J connectivity index is 1.50. The molecule has 138 valence electrons. The molecule has 0 saturated heterocycles. The average Bonchev–Trinajstić information content (AvgIpc) is 3.30. The molecule has 0 atom stereocenters. The fourth-order valence-electron chi connectivity index (χ4n) is 2.99. The van der Waals surface area contributed by atoms with Crippen molar-refractivity contribution >= 4 is 17.6 Å². The van der Waals surface area contributed by atoms with Gasteiger partial charge in [-0.1, -0.05) is 18.2 Å². The first-order chi connectivity index (χ1) is 13.0. The molecule has 0 fully saturated rings. The maximum atomic E-state index is 12.7. The van der Waals surface area contributed by atoms with Gasteiger partial charge in [0.15, 0.2) is 5.82 Å². The molecule has 1 aromatic carbocycles. The largest absolute Gasteiger partial charge is 0.465 e. The van der Waals surface area contributed by atoms with Crippen molar-refractivity contribution < 1.29 is 14.0 Å². The lowest BCUT2D eigenvalue weighted by Crippen LogP contribution is -2.38.